The van der Waals surface area contributed by atoms with Gasteiger partial charge in [-0.1, -0.05) is 11.6 Å². The lowest BCUT2D eigenvalue weighted by Gasteiger charge is -2.30. The van der Waals surface area contributed by atoms with Gasteiger partial charge < -0.3 is 10.1 Å². The molecule has 2 heterocycles. The predicted molar refractivity (Wildman–Crippen MR) is 97.3 cm³/mol. The first-order valence-electron chi connectivity index (χ1n) is 8.90. The molecule has 0 radical (unpaired) electrons. The fraction of sp³-hybridized carbons (Fsp3) is 0.500. The van der Waals surface area contributed by atoms with E-state index in [1.165, 1.54) is 12.3 Å². The van der Waals surface area contributed by atoms with Gasteiger partial charge in [-0.05, 0) is 44.7 Å². The third-order valence-electron chi connectivity index (χ3n) is 4.65. The van der Waals surface area contributed by atoms with Crippen molar-refractivity contribution in [1.82, 2.24) is 14.8 Å². The van der Waals surface area contributed by atoms with Crippen molar-refractivity contribution in [3.8, 4) is 0 Å². The number of nitrogens with zero attached hydrogens (tertiary/aromatic N) is 3. The van der Waals surface area contributed by atoms with Crippen LogP contribution >= 0.6 is 11.6 Å². The number of alkyl halides is 2. The van der Waals surface area contributed by atoms with Crippen LogP contribution in [0, 0.1) is 0 Å². The second kappa shape index (κ2) is 8.65. The zero-order chi connectivity index (χ0) is 19.4. The fourth-order valence-corrected chi connectivity index (χ4v) is 3.46. The topological polar surface area (TPSA) is 69.0 Å². The first kappa shape index (κ1) is 19.5. The number of hydrogen-bond acceptors (Lipinski definition) is 5. The lowest BCUT2D eigenvalue weighted by Crippen LogP contribution is -2.28. The molecule has 0 saturated heterocycles. The Morgan fingerprint density at radius 3 is 2.78 bits per heavy atom. The summed E-state index contributed by atoms with van der Waals surface area (Å²) >= 11 is 5.97. The zero-order valence-electron chi connectivity index (χ0n) is 14.9. The van der Waals surface area contributed by atoms with Crippen molar-refractivity contribution in [1.29, 1.82) is 0 Å². The molecule has 0 aliphatic heterocycles. The summed E-state index contributed by atoms with van der Waals surface area (Å²) < 4.78 is 32.1. The Hall–Kier alpha value is -2.22. The van der Waals surface area contributed by atoms with Crippen molar-refractivity contribution in [2.24, 2.45) is 0 Å². The summed E-state index contributed by atoms with van der Waals surface area (Å²) in [6.07, 6.45) is 3.70. The van der Waals surface area contributed by atoms with Crippen LogP contribution in [0.2, 0.25) is 5.15 Å². The summed E-state index contributed by atoms with van der Waals surface area (Å²) in [6.45, 7) is 2.01. The molecule has 1 N–H and O–H groups in total. The van der Waals surface area contributed by atoms with E-state index in [1.54, 1.807) is 23.9 Å². The number of halogens is 3. The van der Waals surface area contributed by atoms with E-state index in [2.05, 4.69) is 15.4 Å². The van der Waals surface area contributed by atoms with E-state index in [0.717, 1.165) is 25.7 Å². The van der Waals surface area contributed by atoms with Gasteiger partial charge in [0.05, 0.1) is 18.3 Å². The molecular weight excluding hydrogens is 378 g/mol. The summed E-state index contributed by atoms with van der Waals surface area (Å²) in [5.41, 5.74) is 0.744. The van der Waals surface area contributed by atoms with Crippen LogP contribution in [0.25, 0.3) is 0 Å². The summed E-state index contributed by atoms with van der Waals surface area (Å²) in [7, 11) is 0. The smallest absolute Gasteiger partial charge is 0.341 e. The molecule has 0 bridgehead atoms. The van der Waals surface area contributed by atoms with Gasteiger partial charge in [0.2, 0.25) is 0 Å². The number of hydrogen-bond donors (Lipinski definition) is 1. The maximum absolute atomic E-state index is 12.7. The van der Waals surface area contributed by atoms with Gasteiger partial charge in [-0.15, -0.1) is 0 Å². The molecule has 2 aromatic rings. The van der Waals surface area contributed by atoms with Crippen LogP contribution in [0.4, 0.5) is 14.5 Å². The Kier molecular flexibility index (Phi) is 6.26. The number of carbonyl (C=O) groups is 1. The monoisotopic (exact) mass is 398 g/mol. The van der Waals surface area contributed by atoms with Gasteiger partial charge in [-0.25, -0.2) is 18.6 Å². The molecule has 0 aromatic carbocycles. The summed E-state index contributed by atoms with van der Waals surface area (Å²) in [5, 5.41) is 7.61. The molecule has 27 heavy (non-hydrogen) atoms. The first-order chi connectivity index (χ1) is 13.0. The Labute approximate surface area is 160 Å². The quantitative estimate of drug-likeness (QED) is 0.567. The largest absolute Gasteiger partial charge is 0.462 e. The molecule has 6 nitrogen and oxygen atoms in total. The molecule has 1 aliphatic rings. The molecule has 0 spiro atoms. The van der Waals surface area contributed by atoms with Crippen molar-refractivity contribution < 1.29 is 18.3 Å². The molecular formula is C18H21ClF2N4O2. The van der Waals surface area contributed by atoms with Crippen LogP contribution in [-0.4, -0.2) is 33.4 Å². The highest BCUT2D eigenvalue weighted by molar-refractivity contribution is 6.29. The van der Waals surface area contributed by atoms with Gasteiger partial charge >= 0.3 is 5.97 Å². The van der Waals surface area contributed by atoms with Crippen molar-refractivity contribution in [3.05, 3.63) is 40.9 Å². The molecule has 1 fully saturated rings. The van der Waals surface area contributed by atoms with E-state index in [0.29, 0.717) is 11.3 Å². The zero-order valence-corrected chi connectivity index (χ0v) is 15.6. The van der Waals surface area contributed by atoms with E-state index >= 15 is 0 Å². The minimum atomic E-state index is -2.55. The third-order valence-corrected chi connectivity index (χ3v) is 4.86. The van der Waals surface area contributed by atoms with Gasteiger partial charge in [-0.2, -0.15) is 5.10 Å². The van der Waals surface area contributed by atoms with Crippen LogP contribution < -0.4 is 5.32 Å². The van der Waals surface area contributed by atoms with Gasteiger partial charge in [0.25, 0.3) is 6.43 Å². The Bertz CT molecular complexity index is 791. The number of ether oxygens (including phenoxy) is 1. The number of anilines is 1. The molecule has 0 unspecified atom stereocenters. The van der Waals surface area contributed by atoms with E-state index in [4.69, 9.17) is 16.3 Å². The van der Waals surface area contributed by atoms with Crippen LogP contribution in [0.1, 0.15) is 61.1 Å². The average Bonchev–Trinajstić information content (AvgIpc) is 3.13. The number of rotatable bonds is 6. The lowest BCUT2D eigenvalue weighted by molar-refractivity contribution is 0.0527. The summed E-state index contributed by atoms with van der Waals surface area (Å²) in [6, 6.07) is 3.21. The number of pyridine rings is 1. The standard InChI is InChI=1S/C18H21ClF2N4O2/c1-2-27-18(26)13-10-22-16(19)9-15(13)23-11-3-5-12(6-4-11)25-8-7-14(24-25)17(20)21/h7-12,17H,2-6H2,1H3,(H,22,23)/t11-,12-. The Morgan fingerprint density at radius 1 is 1.41 bits per heavy atom. The first-order valence-corrected chi connectivity index (χ1v) is 9.28. The van der Waals surface area contributed by atoms with Crippen LogP contribution in [0.3, 0.4) is 0 Å². The molecule has 3 rings (SSSR count). The highest BCUT2D eigenvalue weighted by Crippen LogP contribution is 2.31. The van der Waals surface area contributed by atoms with E-state index < -0.39 is 12.4 Å². The minimum absolute atomic E-state index is 0.0982. The van der Waals surface area contributed by atoms with Gasteiger partial charge in [-0.3, -0.25) is 4.68 Å². The second-order valence-corrected chi connectivity index (χ2v) is 6.83. The van der Waals surface area contributed by atoms with Gasteiger partial charge in [0.1, 0.15) is 16.4 Å². The van der Waals surface area contributed by atoms with Crippen molar-refractivity contribution in [2.75, 3.05) is 11.9 Å². The van der Waals surface area contributed by atoms with E-state index in [1.807, 2.05) is 0 Å². The number of esters is 1. The normalized spacial score (nSPS) is 19.9. The van der Waals surface area contributed by atoms with Crippen molar-refractivity contribution in [3.63, 3.8) is 0 Å². The minimum Gasteiger partial charge on any atom is -0.462 e. The molecule has 1 saturated carbocycles. The lowest BCUT2D eigenvalue weighted by atomic mass is 9.91. The SMILES string of the molecule is CCOC(=O)c1cnc(Cl)cc1N[C@H]1CC[C@H](n2ccc(C(F)F)n2)CC1. The highest BCUT2D eigenvalue weighted by atomic mass is 35.5. The number of carbonyl (C=O) groups excluding carboxylic acids is 1. The molecule has 0 atom stereocenters. The van der Waals surface area contributed by atoms with Crippen molar-refractivity contribution >= 4 is 23.3 Å². The van der Waals surface area contributed by atoms with Crippen LogP contribution in [0.5, 0.6) is 0 Å². The predicted octanol–water partition coefficient (Wildman–Crippen LogP) is 4.64. The van der Waals surface area contributed by atoms with E-state index in [9.17, 15) is 13.6 Å². The number of aromatic nitrogens is 3. The maximum atomic E-state index is 12.7. The van der Waals surface area contributed by atoms with Crippen molar-refractivity contribution in [2.45, 2.75) is 51.1 Å². The summed E-state index contributed by atoms with van der Waals surface area (Å²) in [5.74, 6) is -0.450. The molecule has 2 aromatic heterocycles. The number of nitrogens with one attached hydrogen (secondary N) is 1. The average molecular weight is 399 g/mol. The molecule has 146 valence electrons. The molecule has 0 amide bonds. The van der Waals surface area contributed by atoms with Gasteiger partial charge in [0, 0.05) is 18.4 Å². The van der Waals surface area contributed by atoms with Crippen LogP contribution in [-0.2, 0) is 4.74 Å². The molecule has 1 aliphatic carbocycles. The Morgan fingerprint density at radius 2 is 2.15 bits per heavy atom. The van der Waals surface area contributed by atoms with Gasteiger partial charge in [0.15, 0.2) is 0 Å². The van der Waals surface area contributed by atoms with Crippen LogP contribution in [0.15, 0.2) is 24.5 Å². The fourth-order valence-electron chi connectivity index (χ4n) is 3.30. The second-order valence-electron chi connectivity index (χ2n) is 6.44. The Balaban J connectivity index is 1.63. The maximum Gasteiger partial charge on any atom is 0.341 e. The highest BCUT2D eigenvalue weighted by Gasteiger charge is 2.25. The molecule has 9 heteroatoms. The van der Waals surface area contributed by atoms with E-state index in [-0.39, 0.29) is 29.5 Å². The third kappa shape index (κ3) is 4.74. The summed E-state index contributed by atoms with van der Waals surface area (Å²) in [4.78, 5) is 16.1.